The fourth-order valence-electron chi connectivity index (χ4n) is 13.5. The minimum atomic E-state index is -4.97. The minimum absolute atomic E-state index is 0.109. The molecule has 0 aromatic carbocycles. The summed E-state index contributed by atoms with van der Waals surface area (Å²) in [5.74, 6) is -1.29. The molecule has 0 heterocycles. The molecule has 3 N–H and O–H groups in total. The number of aliphatic hydroxyl groups excluding tert-OH is 1. The number of esters is 4. The summed E-state index contributed by atoms with van der Waals surface area (Å²) in [6, 6.07) is 0. The van der Waals surface area contributed by atoms with Crippen LogP contribution in [-0.4, -0.2) is 96.7 Å². The lowest BCUT2D eigenvalue weighted by Crippen LogP contribution is -2.30. The lowest BCUT2D eigenvalue weighted by molar-refractivity contribution is -0.161. The van der Waals surface area contributed by atoms with Gasteiger partial charge in [0.05, 0.1) is 26.4 Å². The van der Waals surface area contributed by atoms with Gasteiger partial charge in [-0.2, -0.15) is 0 Å². The molecule has 0 aliphatic heterocycles. The Kier molecular flexibility index (Phi) is 77.3. The molecule has 19 heteroatoms. The number of hydrogen-bond donors (Lipinski definition) is 3. The van der Waals surface area contributed by atoms with E-state index in [1.165, 1.54) is 289 Å². The zero-order valence-corrected chi connectivity index (χ0v) is 70.7. The van der Waals surface area contributed by atoms with Crippen molar-refractivity contribution in [2.75, 3.05) is 39.6 Å². The molecule has 0 saturated carbocycles. The summed E-state index contributed by atoms with van der Waals surface area (Å²) in [5.41, 5.74) is 0. The number of rotatable bonds is 86. The third-order valence-corrected chi connectivity index (χ3v) is 22.2. The van der Waals surface area contributed by atoms with E-state index in [1.54, 1.807) is 0 Å². The number of carbonyl (C=O) groups excluding carboxylic acids is 4. The van der Waals surface area contributed by atoms with Gasteiger partial charge in [-0.25, -0.2) is 9.13 Å². The van der Waals surface area contributed by atoms with Gasteiger partial charge in [-0.15, -0.1) is 0 Å². The topological polar surface area (TPSA) is 237 Å². The molecule has 2 unspecified atom stereocenters. The van der Waals surface area contributed by atoms with Crippen molar-refractivity contribution >= 4 is 39.5 Å². The van der Waals surface area contributed by atoms with Gasteiger partial charge in [-0.1, -0.05) is 413 Å². The summed E-state index contributed by atoms with van der Waals surface area (Å²) < 4.78 is 68.9. The maximum absolute atomic E-state index is 13.1. The van der Waals surface area contributed by atoms with E-state index in [-0.39, 0.29) is 25.7 Å². The molecule has 0 aromatic heterocycles. The van der Waals surface area contributed by atoms with Crippen LogP contribution in [0.1, 0.15) is 465 Å². The molecular formula is C86H168O17P2. The summed E-state index contributed by atoms with van der Waals surface area (Å²) in [7, 11) is -9.92. The molecule has 624 valence electrons. The second-order valence-corrected chi connectivity index (χ2v) is 34.3. The fourth-order valence-corrected chi connectivity index (χ4v) is 15.1. The number of phosphoric acid groups is 2. The van der Waals surface area contributed by atoms with E-state index in [0.29, 0.717) is 25.7 Å². The van der Waals surface area contributed by atoms with E-state index in [4.69, 9.17) is 37.0 Å². The molecule has 0 amide bonds. The molecule has 5 atom stereocenters. The Hall–Kier alpha value is -1.94. The van der Waals surface area contributed by atoms with Crippen LogP contribution in [0, 0.1) is 5.92 Å². The average Bonchev–Trinajstić information content (AvgIpc) is 0.925. The van der Waals surface area contributed by atoms with Gasteiger partial charge in [-0.05, 0) is 31.6 Å². The van der Waals surface area contributed by atoms with Crippen LogP contribution in [0.15, 0.2) is 0 Å². The quantitative estimate of drug-likeness (QED) is 0.0222. The van der Waals surface area contributed by atoms with E-state index in [2.05, 4.69) is 34.6 Å². The van der Waals surface area contributed by atoms with Gasteiger partial charge in [-0.3, -0.25) is 37.3 Å². The highest BCUT2D eigenvalue weighted by atomic mass is 31.2. The highest BCUT2D eigenvalue weighted by Gasteiger charge is 2.30. The molecule has 0 fully saturated rings. The third-order valence-electron chi connectivity index (χ3n) is 20.3. The van der Waals surface area contributed by atoms with Crippen LogP contribution in [0.2, 0.25) is 0 Å². The van der Waals surface area contributed by atoms with Gasteiger partial charge in [0.1, 0.15) is 19.3 Å². The van der Waals surface area contributed by atoms with E-state index >= 15 is 0 Å². The Morgan fingerprint density at radius 2 is 0.438 bits per heavy atom. The van der Waals surface area contributed by atoms with Gasteiger partial charge in [0, 0.05) is 25.7 Å². The largest absolute Gasteiger partial charge is 0.472 e. The zero-order chi connectivity index (χ0) is 76.9. The summed E-state index contributed by atoms with van der Waals surface area (Å²) in [5, 5.41) is 10.7. The van der Waals surface area contributed by atoms with E-state index < -0.39 is 97.5 Å². The van der Waals surface area contributed by atoms with Crippen LogP contribution in [0.3, 0.4) is 0 Å². The molecular weight excluding hydrogens is 1370 g/mol. The fraction of sp³-hybridized carbons (Fsp3) is 0.953. The highest BCUT2D eigenvalue weighted by Crippen LogP contribution is 2.45. The Balaban J connectivity index is 5.22. The normalized spacial score (nSPS) is 13.8. The van der Waals surface area contributed by atoms with E-state index in [0.717, 1.165) is 95.8 Å². The van der Waals surface area contributed by atoms with E-state index in [1.807, 2.05) is 0 Å². The Bertz CT molecular complexity index is 2000. The first-order chi connectivity index (χ1) is 51.0. The first-order valence-corrected chi connectivity index (χ1v) is 47.6. The summed E-state index contributed by atoms with van der Waals surface area (Å²) >= 11 is 0. The van der Waals surface area contributed by atoms with Gasteiger partial charge in [0.25, 0.3) is 0 Å². The number of phosphoric ester groups is 2. The Labute approximate surface area is 645 Å². The van der Waals surface area contributed by atoms with Crippen molar-refractivity contribution < 1.29 is 80.2 Å². The van der Waals surface area contributed by atoms with E-state index in [9.17, 15) is 43.2 Å². The van der Waals surface area contributed by atoms with Crippen molar-refractivity contribution in [2.24, 2.45) is 5.92 Å². The predicted molar refractivity (Wildman–Crippen MR) is 432 cm³/mol. The molecule has 0 bridgehead atoms. The second kappa shape index (κ2) is 78.7. The van der Waals surface area contributed by atoms with Crippen LogP contribution < -0.4 is 0 Å². The summed E-state index contributed by atoms with van der Waals surface area (Å²) in [4.78, 5) is 73.2. The SMILES string of the molecule is CCCCCCCCCCCCCCCCCCCCCCCC(=O)O[C@H](COC(=O)CCCCCCCCCCCCCCCCCCC(C)C)COP(=O)(O)OC[C@@H](O)COP(=O)(O)OC[C@@H](COC(=O)CCCCCCCCCCCC)OC(=O)CCCCCCCCCCCCCCCCC. The Morgan fingerprint density at radius 1 is 0.257 bits per heavy atom. The van der Waals surface area contributed by atoms with Gasteiger partial charge < -0.3 is 33.8 Å². The Morgan fingerprint density at radius 3 is 0.648 bits per heavy atom. The lowest BCUT2D eigenvalue weighted by Gasteiger charge is -2.21. The highest BCUT2D eigenvalue weighted by molar-refractivity contribution is 7.47. The predicted octanol–water partition coefficient (Wildman–Crippen LogP) is 26.4. The van der Waals surface area contributed by atoms with Crippen LogP contribution in [0.5, 0.6) is 0 Å². The molecule has 0 radical (unpaired) electrons. The van der Waals surface area contributed by atoms with Crippen molar-refractivity contribution in [1.29, 1.82) is 0 Å². The number of aliphatic hydroxyl groups is 1. The van der Waals surface area contributed by atoms with Gasteiger partial charge in [0.2, 0.25) is 0 Å². The molecule has 0 rings (SSSR count). The van der Waals surface area contributed by atoms with Crippen molar-refractivity contribution in [2.45, 2.75) is 483 Å². The molecule has 105 heavy (non-hydrogen) atoms. The number of hydrogen-bond acceptors (Lipinski definition) is 15. The summed E-state index contributed by atoms with van der Waals surface area (Å²) in [6.07, 6.45) is 72.2. The maximum atomic E-state index is 13.1. The number of carbonyl (C=O) groups is 4. The lowest BCUT2D eigenvalue weighted by atomic mass is 10.0. The van der Waals surface area contributed by atoms with Crippen molar-refractivity contribution in [3.05, 3.63) is 0 Å². The van der Waals surface area contributed by atoms with Crippen LogP contribution >= 0.6 is 15.6 Å². The first kappa shape index (κ1) is 103. The van der Waals surface area contributed by atoms with Gasteiger partial charge >= 0.3 is 39.5 Å². The monoisotopic (exact) mass is 1540 g/mol. The van der Waals surface area contributed by atoms with Crippen molar-refractivity contribution in [1.82, 2.24) is 0 Å². The molecule has 0 aromatic rings. The zero-order valence-electron chi connectivity index (χ0n) is 68.9. The molecule has 0 spiro atoms. The standard InChI is InChI=1S/C86H168O17P2/c1-6-9-12-15-18-21-24-26-28-29-30-31-32-33-39-43-47-52-57-62-67-72-86(91)103-82(76-97-84(89)70-65-60-55-50-45-41-38-35-34-37-40-44-48-53-58-63-68-79(4)5)78-101-105(94,95)99-74-80(87)73-98-104(92,93)100-77-81(75-96-83(88)69-64-59-54-49-23-20-17-14-11-8-3)102-85(90)71-66-61-56-51-46-42-36-27-25-22-19-16-13-10-7-2/h79-82,87H,6-78H2,1-5H3,(H,92,93)(H,94,95)/t80-,81+,82+/m0/s1. The number of ether oxygens (including phenoxy) is 4. The molecule has 0 aliphatic rings. The van der Waals surface area contributed by atoms with Crippen LogP contribution in [0.4, 0.5) is 0 Å². The van der Waals surface area contributed by atoms with Crippen LogP contribution in [-0.2, 0) is 65.4 Å². The third kappa shape index (κ3) is 79.9. The molecule has 0 aliphatic carbocycles. The minimum Gasteiger partial charge on any atom is -0.462 e. The van der Waals surface area contributed by atoms with Gasteiger partial charge in [0.15, 0.2) is 12.2 Å². The average molecular weight is 1540 g/mol. The van der Waals surface area contributed by atoms with Crippen molar-refractivity contribution in [3.63, 3.8) is 0 Å². The number of unbranched alkanes of at least 4 members (excludes halogenated alkanes) is 58. The van der Waals surface area contributed by atoms with Crippen molar-refractivity contribution in [3.8, 4) is 0 Å². The van der Waals surface area contributed by atoms with Crippen LogP contribution in [0.25, 0.3) is 0 Å². The molecule has 0 saturated heterocycles. The molecule has 17 nitrogen and oxygen atoms in total. The first-order valence-electron chi connectivity index (χ1n) is 44.6. The summed E-state index contributed by atoms with van der Waals surface area (Å²) in [6.45, 7) is 7.39. The second-order valence-electron chi connectivity index (χ2n) is 31.4. The smallest absolute Gasteiger partial charge is 0.462 e. The maximum Gasteiger partial charge on any atom is 0.472 e.